The molecule has 19 heavy (non-hydrogen) atoms. The lowest BCUT2D eigenvalue weighted by molar-refractivity contribution is 0.0696. The molecule has 0 saturated carbocycles. The summed E-state index contributed by atoms with van der Waals surface area (Å²) in [6, 6.07) is 5.90. The van der Waals surface area contributed by atoms with Crippen molar-refractivity contribution in [2.24, 2.45) is 0 Å². The first-order chi connectivity index (χ1) is 8.81. The van der Waals surface area contributed by atoms with Crippen LogP contribution in [0, 0.1) is 18.3 Å². The number of nitrogens with zero attached hydrogens (tertiary/aromatic N) is 1. The fourth-order valence-electron chi connectivity index (χ4n) is 1.53. The molecule has 0 amide bonds. The van der Waals surface area contributed by atoms with Crippen LogP contribution in [0.25, 0.3) is 0 Å². The molecule has 2 N–H and O–H groups in total. The lowest BCUT2D eigenvalue weighted by Gasteiger charge is -2.12. The van der Waals surface area contributed by atoms with E-state index in [2.05, 4.69) is 4.72 Å². The van der Waals surface area contributed by atoms with Crippen molar-refractivity contribution in [2.75, 3.05) is 4.72 Å². The molecule has 0 spiro atoms. The molecule has 102 valence electrons. The molecule has 0 radical (unpaired) electrons. The van der Waals surface area contributed by atoms with Crippen LogP contribution in [0.5, 0.6) is 0 Å². The number of carboxylic acid groups (broad SMARTS) is 1. The van der Waals surface area contributed by atoms with Crippen LogP contribution in [0.3, 0.4) is 0 Å². The van der Waals surface area contributed by atoms with Crippen LogP contribution < -0.4 is 4.72 Å². The zero-order valence-electron chi connectivity index (χ0n) is 10.5. The Morgan fingerprint density at radius 1 is 1.53 bits per heavy atom. The predicted molar refractivity (Wildman–Crippen MR) is 70.4 cm³/mol. The molecule has 1 unspecified atom stereocenters. The molecule has 0 bridgehead atoms. The van der Waals surface area contributed by atoms with Gasteiger partial charge in [0.05, 0.1) is 11.6 Å². The van der Waals surface area contributed by atoms with E-state index in [0.29, 0.717) is 5.56 Å². The van der Waals surface area contributed by atoms with Crippen molar-refractivity contribution in [1.29, 1.82) is 5.26 Å². The Kier molecular flexibility index (Phi) is 4.51. The van der Waals surface area contributed by atoms with Crippen molar-refractivity contribution in [3.8, 4) is 6.07 Å². The third kappa shape index (κ3) is 3.45. The molecule has 6 nitrogen and oxygen atoms in total. The van der Waals surface area contributed by atoms with Gasteiger partial charge in [0.25, 0.3) is 0 Å². The van der Waals surface area contributed by atoms with Crippen molar-refractivity contribution < 1.29 is 18.3 Å². The number of hydrogen-bond acceptors (Lipinski definition) is 4. The van der Waals surface area contributed by atoms with E-state index < -0.39 is 21.2 Å². The first-order valence-corrected chi connectivity index (χ1v) is 7.11. The van der Waals surface area contributed by atoms with Crippen molar-refractivity contribution in [3.05, 3.63) is 29.3 Å². The molecule has 1 atom stereocenters. The SMILES string of the molecule is CCC(C#N)S(=O)(=O)Nc1ccc(C)c(C(=O)O)c1. The van der Waals surface area contributed by atoms with Gasteiger partial charge in [-0.25, -0.2) is 13.2 Å². The number of rotatable bonds is 5. The number of nitriles is 1. The van der Waals surface area contributed by atoms with Crippen LogP contribution in [0.15, 0.2) is 18.2 Å². The molecule has 0 heterocycles. The van der Waals surface area contributed by atoms with Gasteiger partial charge in [0.1, 0.15) is 0 Å². The number of benzene rings is 1. The van der Waals surface area contributed by atoms with E-state index in [-0.39, 0.29) is 17.7 Å². The van der Waals surface area contributed by atoms with Gasteiger partial charge in [-0.2, -0.15) is 5.26 Å². The highest BCUT2D eigenvalue weighted by Crippen LogP contribution is 2.18. The van der Waals surface area contributed by atoms with Gasteiger partial charge in [-0.15, -0.1) is 0 Å². The van der Waals surface area contributed by atoms with E-state index in [4.69, 9.17) is 10.4 Å². The first kappa shape index (κ1) is 15.0. The van der Waals surface area contributed by atoms with Gasteiger partial charge >= 0.3 is 5.97 Å². The molecule has 0 aliphatic rings. The first-order valence-electron chi connectivity index (χ1n) is 5.57. The van der Waals surface area contributed by atoms with E-state index in [9.17, 15) is 13.2 Å². The summed E-state index contributed by atoms with van der Waals surface area (Å²) >= 11 is 0. The van der Waals surface area contributed by atoms with Gasteiger partial charge in [0.15, 0.2) is 5.25 Å². The number of aromatic carboxylic acids is 1. The van der Waals surface area contributed by atoms with Gasteiger partial charge in [-0.3, -0.25) is 4.72 Å². The molecule has 0 aliphatic carbocycles. The number of aryl methyl sites for hydroxylation is 1. The highest BCUT2D eigenvalue weighted by Gasteiger charge is 2.23. The summed E-state index contributed by atoms with van der Waals surface area (Å²) in [6.45, 7) is 3.21. The van der Waals surface area contributed by atoms with Gasteiger partial charge in [-0.1, -0.05) is 13.0 Å². The summed E-state index contributed by atoms with van der Waals surface area (Å²) in [5.74, 6) is -1.13. The average Bonchev–Trinajstić information content (AvgIpc) is 2.32. The third-order valence-corrected chi connectivity index (χ3v) is 4.33. The number of sulfonamides is 1. The lowest BCUT2D eigenvalue weighted by atomic mass is 10.1. The largest absolute Gasteiger partial charge is 0.478 e. The van der Waals surface area contributed by atoms with Gasteiger partial charge in [0, 0.05) is 5.69 Å². The number of anilines is 1. The summed E-state index contributed by atoms with van der Waals surface area (Å²) in [6.07, 6.45) is 0.156. The standard InChI is InChI=1S/C12H14N2O4S/c1-3-10(7-13)19(17,18)14-9-5-4-8(2)11(6-9)12(15)16/h4-6,10,14H,3H2,1-2H3,(H,15,16). The Morgan fingerprint density at radius 2 is 2.16 bits per heavy atom. The maximum absolute atomic E-state index is 11.8. The zero-order valence-corrected chi connectivity index (χ0v) is 11.4. The highest BCUT2D eigenvalue weighted by atomic mass is 32.2. The number of hydrogen-bond donors (Lipinski definition) is 2. The van der Waals surface area contributed by atoms with Gasteiger partial charge < -0.3 is 5.11 Å². The minimum atomic E-state index is -3.83. The van der Waals surface area contributed by atoms with Crippen LogP contribution in [-0.2, 0) is 10.0 Å². The van der Waals surface area contributed by atoms with Crippen molar-refractivity contribution in [1.82, 2.24) is 0 Å². The monoisotopic (exact) mass is 282 g/mol. The molecule has 0 aliphatic heterocycles. The lowest BCUT2D eigenvalue weighted by Crippen LogP contribution is -2.26. The summed E-state index contributed by atoms with van der Waals surface area (Å²) in [5.41, 5.74) is 0.685. The zero-order chi connectivity index (χ0) is 14.6. The number of carboxylic acids is 1. The second kappa shape index (κ2) is 5.71. The quantitative estimate of drug-likeness (QED) is 0.855. The highest BCUT2D eigenvalue weighted by molar-refractivity contribution is 7.93. The normalized spacial score (nSPS) is 12.5. The Bertz CT molecular complexity index is 632. The third-order valence-electron chi connectivity index (χ3n) is 2.62. The summed E-state index contributed by atoms with van der Waals surface area (Å²) in [5, 5.41) is 16.6. The summed E-state index contributed by atoms with van der Waals surface area (Å²) < 4.78 is 25.9. The predicted octanol–water partition coefficient (Wildman–Crippen LogP) is 1.74. The van der Waals surface area contributed by atoms with Crippen LogP contribution in [-0.4, -0.2) is 24.7 Å². The van der Waals surface area contributed by atoms with Crippen LogP contribution in [0.2, 0.25) is 0 Å². The molecule has 7 heteroatoms. The van der Waals surface area contributed by atoms with Crippen molar-refractivity contribution in [2.45, 2.75) is 25.5 Å². The van der Waals surface area contributed by atoms with Crippen molar-refractivity contribution >= 4 is 21.7 Å². The number of nitrogens with one attached hydrogen (secondary N) is 1. The maximum atomic E-state index is 11.8. The molecule has 0 fully saturated rings. The van der Waals surface area contributed by atoms with E-state index in [1.165, 1.54) is 18.2 Å². The Labute approximate surface area is 111 Å². The minimum absolute atomic E-state index is 0.0187. The molecule has 1 rings (SSSR count). The Hall–Kier alpha value is -2.07. The Balaban J connectivity index is 3.11. The van der Waals surface area contributed by atoms with Crippen LogP contribution in [0.1, 0.15) is 29.3 Å². The van der Waals surface area contributed by atoms with E-state index >= 15 is 0 Å². The molecule has 1 aromatic carbocycles. The fraction of sp³-hybridized carbons (Fsp3) is 0.333. The smallest absolute Gasteiger partial charge is 0.336 e. The molecule has 0 aromatic heterocycles. The molecular weight excluding hydrogens is 268 g/mol. The van der Waals surface area contributed by atoms with Crippen molar-refractivity contribution in [3.63, 3.8) is 0 Å². The topological polar surface area (TPSA) is 107 Å². The number of carbonyl (C=O) groups is 1. The van der Waals surface area contributed by atoms with E-state index in [0.717, 1.165) is 0 Å². The minimum Gasteiger partial charge on any atom is -0.478 e. The van der Waals surface area contributed by atoms with E-state index in [1.54, 1.807) is 19.9 Å². The summed E-state index contributed by atoms with van der Waals surface area (Å²) in [4.78, 5) is 11.0. The van der Waals surface area contributed by atoms with Gasteiger partial charge in [0.2, 0.25) is 10.0 Å². The molecular formula is C12H14N2O4S. The second-order valence-electron chi connectivity index (χ2n) is 4.01. The molecule has 0 saturated heterocycles. The Morgan fingerprint density at radius 3 is 2.63 bits per heavy atom. The van der Waals surface area contributed by atoms with Crippen LogP contribution in [0.4, 0.5) is 5.69 Å². The fourth-order valence-corrected chi connectivity index (χ4v) is 2.71. The molecule has 1 aromatic rings. The van der Waals surface area contributed by atoms with Gasteiger partial charge in [-0.05, 0) is 31.0 Å². The summed E-state index contributed by atoms with van der Waals surface area (Å²) in [7, 11) is -3.83. The average molecular weight is 282 g/mol. The maximum Gasteiger partial charge on any atom is 0.336 e. The van der Waals surface area contributed by atoms with Crippen LogP contribution >= 0.6 is 0 Å². The second-order valence-corrected chi connectivity index (χ2v) is 5.87. The van der Waals surface area contributed by atoms with E-state index in [1.807, 2.05) is 0 Å².